The van der Waals surface area contributed by atoms with Gasteiger partial charge in [-0.05, 0) is 17.5 Å². The van der Waals surface area contributed by atoms with Crippen molar-refractivity contribution in [1.29, 1.82) is 0 Å². The average Bonchev–Trinajstić information content (AvgIpc) is 3.12. The highest BCUT2D eigenvalue weighted by Crippen LogP contribution is 2.25. The van der Waals surface area contributed by atoms with Gasteiger partial charge in [-0.3, -0.25) is 14.5 Å². The van der Waals surface area contributed by atoms with Crippen molar-refractivity contribution >= 4 is 17.2 Å². The maximum absolute atomic E-state index is 12.4. The minimum atomic E-state index is -0.220. The second-order valence-electron chi connectivity index (χ2n) is 5.75. The first-order valence-corrected chi connectivity index (χ1v) is 8.83. The Kier molecular flexibility index (Phi) is 5.44. The highest BCUT2D eigenvalue weighted by Gasteiger charge is 2.24. The number of hydrogen-bond donors (Lipinski definition) is 1. The molecule has 0 unspecified atom stereocenters. The van der Waals surface area contributed by atoms with Crippen LogP contribution in [0.4, 0.5) is 0 Å². The van der Waals surface area contributed by atoms with Gasteiger partial charge in [-0.1, -0.05) is 6.07 Å². The summed E-state index contributed by atoms with van der Waals surface area (Å²) in [6.45, 7) is 3.64. The van der Waals surface area contributed by atoms with Crippen LogP contribution in [0.25, 0.3) is 0 Å². The lowest BCUT2D eigenvalue weighted by Crippen LogP contribution is -2.43. The summed E-state index contributed by atoms with van der Waals surface area (Å²) in [5.41, 5.74) is 0.204. The van der Waals surface area contributed by atoms with E-state index in [1.807, 2.05) is 11.4 Å². The Bertz CT molecular complexity index is 736. The van der Waals surface area contributed by atoms with Crippen LogP contribution < -0.4 is 10.9 Å². The molecule has 3 rings (SSSR count). The van der Waals surface area contributed by atoms with E-state index in [0.717, 1.165) is 13.1 Å². The van der Waals surface area contributed by atoms with Crippen LogP contribution in [0.5, 0.6) is 0 Å². The Labute approximate surface area is 144 Å². The van der Waals surface area contributed by atoms with Gasteiger partial charge in [-0.2, -0.15) is 0 Å². The molecule has 1 aliphatic heterocycles. The largest absolute Gasteiger partial charge is 0.379 e. The van der Waals surface area contributed by atoms with Gasteiger partial charge in [0.2, 0.25) is 0 Å². The molecule has 1 aliphatic rings. The van der Waals surface area contributed by atoms with Crippen LogP contribution in [-0.2, 0) is 11.8 Å². The van der Waals surface area contributed by atoms with E-state index in [9.17, 15) is 9.59 Å². The normalized spacial score (nSPS) is 16.7. The van der Waals surface area contributed by atoms with Crippen molar-refractivity contribution in [3.8, 4) is 0 Å². The minimum Gasteiger partial charge on any atom is -0.379 e. The Morgan fingerprint density at radius 3 is 2.83 bits per heavy atom. The molecule has 2 aromatic rings. The molecular formula is C17H21N3O3S. The number of nitrogens with one attached hydrogen (secondary N) is 1. The molecule has 1 fully saturated rings. The number of rotatable bonds is 5. The van der Waals surface area contributed by atoms with Crippen LogP contribution in [-0.4, -0.2) is 48.2 Å². The first-order chi connectivity index (χ1) is 11.6. The number of amides is 1. The zero-order valence-electron chi connectivity index (χ0n) is 13.6. The molecule has 6 nitrogen and oxygen atoms in total. The van der Waals surface area contributed by atoms with Gasteiger partial charge >= 0.3 is 0 Å². The molecule has 0 aliphatic carbocycles. The Balaban J connectivity index is 1.69. The zero-order chi connectivity index (χ0) is 16.9. The smallest absolute Gasteiger partial charge is 0.251 e. The fourth-order valence-electron chi connectivity index (χ4n) is 2.76. The molecule has 2 aromatic heterocycles. The quantitative estimate of drug-likeness (QED) is 0.884. The highest BCUT2D eigenvalue weighted by atomic mass is 32.1. The van der Waals surface area contributed by atoms with E-state index in [1.54, 1.807) is 30.6 Å². The van der Waals surface area contributed by atoms with Crippen molar-refractivity contribution in [1.82, 2.24) is 14.8 Å². The van der Waals surface area contributed by atoms with Crippen molar-refractivity contribution in [3.63, 3.8) is 0 Å². The molecule has 1 saturated heterocycles. The third-order valence-electron chi connectivity index (χ3n) is 4.18. The van der Waals surface area contributed by atoms with Crippen molar-refractivity contribution in [2.75, 3.05) is 32.8 Å². The summed E-state index contributed by atoms with van der Waals surface area (Å²) in [7, 11) is 1.66. The lowest BCUT2D eigenvalue weighted by molar-refractivity contribution is 0.0169. The number of aromatic nitrogens is 1. The van der Waals surface area contributed by atoms with E-state index >= 15 is 0 Å². The predicted molar refractivity (Wildman–Crippen MR) is 93.5 cm³/mol. The molecule has 0 bridgehead atoms. The highest BCUT2D eigenvalue weighted by molar-refractivity contribution is 7.10. The van der Waals surface area contributed by atoms with Crippen LogP contribution in [0.15, 0.2) is 40.6 Å². The van der Waals surface area contributed by atoms with Gasteiger partial charge in [0.1, 0.15) is 0 Å². The third kappa shape index (κ3) is 3.92. The van der Waals surface area contributed by atoms with E-state index in [2.05, 4.69) is 16.3 Å². The van der Waals surface area contributed by atoms with Crippen molar-refractivity contribution in [2.45, 2.75) is 6.04 Å². The summed E-state index contributed by atoms with van der Waals surface area (Å²) in [4.78, 5) is 27.6. The summed E-state index contributed by atoms with van der Waals surface area (Å²) in [6.07, 6.45) is 1.61. The molecule has 1 N–H and O–H groups in total. The number of carbonyl (C=O) groups excluding carboxylic acids is 1. The summed E-state index contributed by atoms with van der Waals surface area (Å²) in [5, 5.41) is 5.02. The van der Waals surface area contributed by atoms with Crippen LogP contribution in [0, 0.1) is 0 Å². The van der Waals surface area contributed by atoms with Crippen molar-refractivity contribution < 1.29 is 9.53 Å². The number of aryl methyl sites for hydroxylation is 1. The summed E-state index contributed by atoms with van der Waals surface area (Å²) >= 11 is 1.69. The molecule has 0 saturated carbocycles. The average molecular weight is 347 g/mol. The summed E-state index contributed by atoms with van der Waals surface area (Å²) in [5.74, 6) is -0.220. The molecule has 0 aromatic carbocycles. The number of pyridine rings is 1. The van der Waals surface area contributed by atoms with Crippen LogP contribution >= 0.6 is 11.3 Å². The maximum Gasteiger partial charge on any atom is 0.251 e. The van der Waals surface area contributed by atoms with Crippen LogP contribution in [0.3, 0.4) is 0 Å². The summed E-state index contributed by atoms with van der Waals surface area (Å²) < 4.78 is 6.87. The standard InChI is InChI=1S/C17H21N3O3S/c1-19-5-4-13(11-16(19)21)17(22)18-12-14(15-3-2-10-24-15)20-6-8-23-9-7-20/h2-5,10-11,14H,6-9,12H2,1H3,(H,18,22)/t14-/m1/s1. The van der Waals surface area contributed by atoms with Gasteiger partial charge in [-0.25, -0.2) is 0 Å². The van der Waals surface area contributed by atoms with Gasteiger partial charge in [-0.15, -0.1) is 11.3 Å². The van der Waals surface area contributed by atoms with Crippen LogP contribution in [0.1, 0.15) is 21.3 Å². The van der Waals surface area contributed by atoms with Gasteiger partial charge in [0.25, 0.3) is 11.5 Å². The zero-order valence-corrected chi connectivity index (χ0v) is 14.4. The topological polar surface area (TPSA) is 63.6 Å². The molecular weight excluding hydrogens is 326 g/mol. The Morgan fingerprint density at radius 1 is 1.38 bits per heavy atom. The fraction of sp³-hybridized carbons (Fsp3) is 0.412. The first kappa shape index (κ1) is 16.9. The molecule has 7 heteroatoms. The lowest BCUT2D eigenvalue weighted by Gasteiger charge is -2.34. The SMILES string of the molecule is Cn1ccc(C(=O)NC[C@H](c2cccs2)N2CCOCC2)cc1=O. The van der Waals surface area contributed by atoms with Gasteiger partial charge in [0, 0.05) is 49.4 Å². The van der Waals surface area contributed by atoms with Gasteiger partial charge in [0.05, 0.1) is 19.3 Å². The van der Waals surface area contributed by atoms with Crippen molar-refractivity contribution in [2.24, 2.45) is 7.05 Å². The van der Waals surface area contributed by atoms with E-state index in [0.29, 0.717) is 25.3 Å². The number of morpholine rings is 1. The van der Waals surface area contributed by atoms with Crippen LogP contribution in [0.2, 0.25) is 0 Å². The third-order valence-corrected chi connectivity index (χ3v) is 5.15. The molecule has 24 heavy (non-hydrogen) atoms. The van der Waals surface area contributed by atoms with E-state index in [1.165, 1.54) is 15.5 Å². The Hall–Kier alpha value is -1.96. The number of carbonyl (C=O) groups is 1. The molecule has 3 heterocycles. The van der Waals surface area contributed by atoms with Gasteiger partial charge < -0.3 is 14.6 Å². The van der Waals surface area contributed by atoms with Gasteiger partial charge in [0.15, 0.2) is 0 Å². The van der Waals surface area contributed by atoms with E-state index < -0.39 is 0 Å². The second-order valence-corrected chi connectivity index (χ2v) is 6.73. The lowest BCUT2D eigenvalue weighted by atomic mass is 10.1. The second kappa shape index (κ2) is 7.74. The fourth-order valence-corrected chi connectivity index (χ4v) is 3.62. The van der Waals surface area contributed by atoms with E-state index in [4.69, 9.17) is 4.74 Å². The first-order valence-electron chi connectivity index (χ1n) is 7.95. The molecule has 0 radical (unpaired) electrons. The number of nitrogens with zero attached hydrogens (tertiary/aromatic N) is 2. The van der Waals surface area contributed by atoms with Crippen molar-refractivity contribution in [3.05, 3.63) is 56.6 Å². The monoisotopic (exact) mass is 347 g/mol. The van der Waals surface area contributed by atoms with E-state index in [-0.39, 0.29) is 17.5 Å². The number of thiophene rings is 1. The molecule has 0 spiro atoms. The minimum absolute atomic E-state index is 0.129. The number of ether oxygens (including phenoxy) is 1. The number of hydrogen-bond acceptors (Lipinski definition) is 5. The molecule has 1 amide bonds. The predicted octanol–water partition coefficient (Wildman–Crippen LogP) is 1.25. The Morgan fingerprint density at radius 2 is 2.17 bits per heavy atom. The maximum atomic E-state index is 12.4. The molecule has 128 valence electrons. The molecule has 1 atom stereocenters. The summed E-state index contributed by atoms with van der Waals surface area (Å²) in [6, 6.07) is 7.27.